The van der Waals surface area contributed by atoms with E-state index in [9.17, 15) is 9.90 Å². The lowest BCUT2D eigenvalue weighted by Crippen LogP contribution is -2.05. The van der Waals surface area contributed by atoms with Crippen LogP contribution >= 0.6 is 11.6 Å². The van der Waals surface area contributed by atoms with Crippen LogP contribution in [0.15, 0.2) is 77.2 Å². The number of hydrogen-bond donors (Lipinski definition) is 2. The molecule has 1 aromatic heterocycles. The molecule has 144 valence electrons. The molecule has 0 fully saturated rings. The molecule has 0 radical (unpaired) electrons. The number of benzene rings is 3. The van der Waals surface area contributed by atoms with Crippen LogP contribution in [0, 0.1) is 0 Å². The van der Waals surface area contributed by atoms with Crippen molar-refractivity contribution in [1.29, 1.82) is 0 Å². The van der Waals surface area contributed by atoms with E-state index in [2.05, 4.69) is 10.3 Å². The van der Waals surface area contributed by atoms with E-state index in [4.69, 9.17) is 16.0 Å². The van der Waals surface area contributed by atoms with Crippen LogP contribution in [0.3, 0.4) is 0 Å². The summed E-state index contributed by atoms with van der Waals surface area (Å²) in [6.45, 7) is 1.40. The quantitative estimate of drug-likeness (QED) is 0.438. The average molecular weight is 405 g/mol. The molecule has 0 aliphatic heterocycles. The summed E-state index contributed by atoms with van der Waals surface area (Å²) < 4.78 is 5.94. The van der Waals surface area contributed by atoms with Crippen LogP contribution in [-0.4, -0.2) is 16.0 Å². The fraction of sp³-hybridized carbons (Fsp3) is 0.0435. The van der Waals surface area contributed by atoms with E-state index in [1.165, 1.54) is 6.92 Å². The van der Waals surface area contributed by atoms with Gasteiger partial charge in [-0.05, 0) is 23.8 Å². The Hall–Kier alpha value is -3.57. The molecule has 4 aromatic rings. The molecular formula is C23H17ClN2O3. The molecule has 0 spiro atoms. The highest BCUT2D eigenvalue weighted by molar-refractivity contribution is 6.33. The number of carbonyl (C=O) groups is 1. The Morgan fingerprint density at radius 1 is 0.897 bits per heavy atom. The molecule has 5 nitrogen and oxygen atoms in total. The summed E-state index contributed by atoms with van der Waals surface area (Å²) in [7, 11) is 0. The third-order valence-electron chi connectivity index (χ3n) is 4.40. The first-order valence-electron chi connectivity index (χ1n) is 8.95. The highest BCUT2D eigenvalue weighted by Gasteiger charge is 2.21. The van der Waals surface area contributed by atoms with Crippen molar-refractivity contribution in [2.24, 2.45) is 0 Å². The summed E-state index contributed by atoms with van der Waals surface area (Å²) in [6.07, 6.45) is 0. The second-order valence-corrected chi connectivity index (χ2v) is 6.83. The number of nitrogens with zero attached hydrogens (tertiary/aromatic N) is 1. The van der Waals surface area contributed by atoms with Crippen LogP contribution in [0.4, 0.5) is 5.88 Å². The Labute approximate surface area is 172 Å². The fourth-order valence-corrected chi connectivity index (χ4v) is 3.35. The van der Waals surface area contributed by atoms with Crippen LogP contribution in [0.2, 0.25) is 5.02 Å². The second-order valence-electron chi connectivity index (χ2n) is 6.42. The maximum Gasteiger partial charge on any atom is 0.229 e. The molecule has 29 heavy (non-hydrogen) atoms. The Balaban J connectivity index is 1.91. The number of oxazole rings is 1. The Kier molecular flexibility index (Phi) is 5.06. The van der Waals surface area contributed by atoms with Gasteiger partial charge in [-0.25, -0.2) is 4.98 Å². The number of hydrogen-bond acceptors (Lipinski definition) is 4. The number of halogens is 1. The van der Waals surface area contributed by atoms with Crippen LogP contribution in [-0.2, 0) is 4.79 Å². The van der Waals surface area contributed by atoms with Crippen molar-refractivity contribution >= 4 is 23.4 Å². The number of phenols is 1. The highest BCUT2D eigenvalue weighted by Crippen LogP contribution is 2.40. The molecular weight excluding hydrogens is 388 g/mol. The minimum absolute atomic E-state index is 0.153. The first kappa shape index (κ1) is 18.8. The molecule has 1 amide bonds. The van der Waals surface area contributed by atoms with Gasteiger partial charge in [0, 0.05) is 23.6 Å². The normalized spacial score (nSPS) is 10.7. The van der Waals surface area contributed by atoms with Gasteiger partial charge in [-0.15, -0.1) is 0 Å². The Morgan fingerprint density at radius 2 is 1.48 bits per heavy atom. The summed E-state index contributed by atoms with van der Waals surface area (Å²) in [5.41, 5.74) is 3.17. The Morgan fingerprint density at radius 3 is 2.14 bits per heavy atom. The molecule has 0 aliphatic rings. The van der Waals surface area contributed by atoms with E-state index in [1.807, 2.05) is 54.6 Å². The zero-order valence-electron chi connectivity index (χ0n) is 15.5. The standard InChI is InChI=1S/C23H17ClN2O3/c1-14(27)25-23-21(18-11-4-6-12-19(18)24)26-22(29-23)17-10-3-2-8-15(17)16-9-5-7-13-20(16)28/h2-13,28H,1H3,(H,25,27). The van der Waals surface area contributed by atoms with Gasteiger partial charge in [0.2, 0.25) is 17.7 Å². The van der Waals surface area contributed by atoms with Gasteiger partial charge in [0.05, 0.1) is 5.02 Å². The summed E-state index contributed by atoms with van der Waals surface area (Å²) >= 11 is 6.34. The maximum absolute atomic E-state index is 11.7. The lowest BCUT2D eigenvalue weighted by atomic mass is 9.99. The molecule has 0 unspecified atom stereocenters. The smallest absolute Gasteiger partial charge is 0.229 e. The third-order valence-corrected chi connectivity index (χ3v) is 4.73. The third kappa shape index (κ3) is 3.73. The number of phenolic OH excluding ortho intramolecular Hbond substituents is 1. The first-order valence-corrected chi connectivity index (χ1v) is 9.33. The molecule has 3 aromatic carbocycles. The van der Waals surface area contributed by atoms with Crippen molar-refractivity contribution in [1.82, 2.24) is 4.98 Å². The highest BCUT2D eigenvalue weighted by atomic mass is 35.5. The van der Waals surface area contributed by atoms with Crippen LogP contribution in [0.1, 0.15) is 6.92 Å². The van der Waals surface area contributed by atoms with Crippen LogP contribution < -0.4 is 5.32 Å². The SMILES string of the molecule is CC(=O)Nc1oc(-c2ccccc2-c2ccccc2O)nc1-c1ccccc1Cl. The van der Waals surface area contributed by atoms with Gasteiger partial charge in [-0.3, -0.25) is 10.1 Å². The molecule has 2 N–H and O–H groups in total. The summed E-state index contributed by atoms with van der Waals surface area (Å²) in [6, 6.07) is 21.7. The van der Waals surface area contributed by atoms with Crippen molar-refractivity contribution in [3.05, 3.63) is 77.8 Å². The van der Waals surface area contributed by atoms with E-state index >= 15 is 0 Å². The molecule has 0 bridgehead atoms. The molecule has 1 heterocycles. The molecule has 0 saturated heterocycles. The van der Waals surface area contributed by atoms with Gasteiger partial charge in [0.15, 0.2) is 0 Å². The Bertz CT molecular complexity index is 1200. The van der Waals surface area contributed by atoms with E-state index in [1.54, 1.807) is 18.2 Å². The number of aromatic hydroxyl groups is 1. The molecule has 0 saturated carbocycles. The monoisotopic (exact) mass is 404 g/mol. The van der Waals surface area contributed by atoms with Crippen molar-refractivity contribution in [2.45, 2.75) is 6.92 Å². The van der Waals surface area contributed by atoms with Crippen LogP contribution in [0.25, 0.3) is 33.8 Å². The topological polar surface area (TPSA) is 75.4 Å². The lowest BCUT2D eigenvalue weighted by Gasteiger charge is -2.08. The molecule has 6 heteroatoms. The van der Waals surface area contributed by atoms with E-state index in [0.29, 0.717) is 33.3 Å². The van der Waals surface area contributed by atoms with Gasteiger partial charge in [0.25, 0.3) is 0 Å². The van der Waals surface area contributed by atoms with Crippen molar-refractivity contribution < 1.29 is 14.3 Å². The average Bonchev–Trinajstić information content (AvgIpc) is 3.11. The van der Waals surface area contributed by atoms with Gasteiger partial charge in [0.1, 0.15) is 11.4 Å². The van der Waals surface area contributed by atoms with Crippen molar-refractivity contribution in [2.75, 3.05) is 5.32 Å². The van der Waals surface area contributed by atoms with E-state index in [-0.39, 0.29) is 17.5 Å². The number of rotatable bonds is 4. The second kappa shape index (κ2) is 7.81. The molecule has 4 rings (SSSR count). The molecule has 0 aliphatic carbocycles. The zero-order valence-corrected chi connectivity index (χ0v) is 16.3. The zero-order chi connectivity index (χ0) is 20.4. The minimum atomic E-state index is -0.282. The summed E-state index contributed by atoms with van der Waals surface area (Å²) in [5, 5.41) is 13.5. The fourth-order valence-electron chi connectivity index (χ4n) is 3.12. The van der Waals surface area contributed by atoms with Gasteiger partial charge in [-0.1, -0.05) is 66.2 Å². The van der Waals surface area contributed by atoms with E-state index < -0.39 is 0 Å². The number of para-hydroxylation sites is 1. The van der Waals surface area contributed by atoms with Gasteiger partial charge < -0.3 is 9.52 Å². The van der Waals surface area contributed by atoms with Crippen molar-refractivity contribution in [3.8, 4) is 39.6 Å². The van der Waals surface area contributed by atoms with Crippen molar-refractivity contribution in [3.63, 3.8) is 0 Å². The predicted octanol–water partition coefficient (Wildman–Crippen LogP) is 5.99. The predicted molar refractivity (Wildman–Crippen MR) is 114 cm³/mol. The number of nitrogens with one attached hydrogen (secondary N) is 1. The number of anilines is 1. The summed E-state index contributed by atoms with van der Waals surface area (Å²) in [5.74, 6) is 0.394. The molecule has 0 atom stereocenters. The van der Waals surface area contributed by atoms with Gasteiger partial charge >= 0.3 is 0 Å². The largest absolute Gasteiger partial charge is 0.507 e. The minimum Gasteiger partial charge on any atom is -0.507 e. The lowest BCUT2D eigenvalue weighted by molar-refractivity contribution is -0.114. The number of amides is 1. The summed E-state index contributed by atoms with van der Waals surface area (Å²) in [4.78, 5) is 16.3. The maximum atomic E-state index is 11.7. The first-order chi connectivity index (χ1) is 14.0. The number of carbonyl (C=O) groups excluding carboxylic acids is 1. The van der Waals surface area contributed by atoms with Crippen LogP contribution in [0.5, 0.6) is 5.75 Å². The number of aromatic nitrogens is 1. The van der Waals surface area contributed by atoms with Gasteiger partial charge in [-0.2, -0.15) is 0 Å². The van der Waals surface area contributed by atoms with E-state index in [0.717, 1.165) is 5.56 Å².